The summed E-state index contributed by atoms with van der Waals surface area (Å²) < 4.78 is 6.34. The summed E-state index contributed by atoms with van der Waals surface area (Å²) >= 11 is 12.6. The zero-order chi connectivity index (χ0) is 20.2. The molecule has 144 valence electrons. The van der Waals surface area contributed by atoms with E-state index in [2.05, 4.69) is 66.7 Å². The molecule has 0 aromatic heterocycles. The van der Waals surface area contributed by atoms with Gasteiger partial charge in [0.25, 0.3) is 0 Å². The third-order valence-electron chi connectivity index (χ3n) is 5.92. The van der Waals surface area contributed by atoms with E-state index in [1.165, 1.54) is 27.3 Å². The normalized spacial score (nSPS) is 12.5. The zero-order valence-corrected chi connectivity index (χ0v) is 17.5. The van der Waals surface area contributed by atoms with Crippen LogP contribution < -0.4 is 4.74 Å². The SMILES string of the molecule is Clc1ccc(-c2cccc3c4c(ccc23)Oc2ccc3ccccc3c2C4)c(Cl)c1. The molecule has 30 heavy (non-hydrogen) atoms. The van der Waals surface area contributed by atoms with Crippen molar-refractivity contribution in [3.63, 3.8) is 0 Å². The first-order valence-electron chi connectivity index (χ1n) is 9.87. The van der Waals surface area contributed by atoms with Crippen molar-refractivity contribution in [2.75, 3.05) is 0 Å². The van der Waals surface area contributed by atoms with Crippen LogP contribution in [0.25, 0.3) is 32.7 Å². The molecule has 0 radical (unpaired) electrons. The third kappa shape index (κ3) is 2.70. The summed E-state index contributed by atoms with van der Waals surface area (Å²) in [7, 11) is 0. The third-order valence-corrected chi connectivity index (χ3v) is 6.47. The molecule has 0 spiro atoms. The van der Waals surface area contributed by atoms with Gasteiger partial charge in [-0.1, -0.05) is 83.9 Å². The van der Waals surface area contributed by atoms with Crippen molar-refractivity contribution < 1.29 is 4.74 Å². The molecule has 0 N–H and O–H groups in total. The lowest BCUT2D eigenvalue weighted by Crippen LogP contribution is -2.04. The maximum atomic E-state index is 6.53. The Balaban J connectivity index is 1.58. The van der Waals surface area contributed by atoms with E-state index in [0.29, 0.717) is 10.0 Å². The Morgan fingerprint density at radius 3 is 2.23 bits per heavy atom. The van der Waals surface area contributed by atoms with Crippen molar-refractivity contribution >= 4 is 44.7 Å². The number of fused-ring (bicyclic) bond motifs is 6. The summed E-state index contributed by atoms with van der Waals surface area (Å²) in [6, 6.07) is 28.9. The van der Waals surface area contributed by atoms with Crippen molar-refractivity contribution in [2.24, 2.45) is 0 Å². The molecule has 6 rings (SSSR count). The molecule has 0 unspecified atom stereocenters. The van der Waals surface area contributed by atoms with Crippen LogP contribution in [-0.4, -0.2) is 0 Å². The maximum absolute atomic E-state index is 6.53. The van der Waals surface area contributed by atoms with E-state index >= 15 is 0 Å². The Hall–Kier alpha value is -3.00. The quantitative estimate of drug-likeness (QED) is 0.255. The second-order valence-corrected chi connectivity index (χ2v) is 8.45. The monoisotopic (exact) mass is 426 g/mol. The Bertz CT molecular complexity index is 1470. The summed E-state index contributed by atoms with van der Waals surface area (Å²) in [5, 5.41) is 6.12. The van der Waals surface area contributed by atoms with Crippen molar-refractivity contribution in [1.82, 2.24) is 0 Å². The summed E-state index contributed by atoms with van der Waals surface area (Å²) in [6.45, 7) is 0. The van der Waals surface area contributed by atoms with Gasteiger partial charge in [0.05, 0.1) is 0 Å². The molecule has 0 saturated carbocycles. The summed E-state index contributed by atoms with van der Waals surface area (Å²) in [4.78, 5) is 0. The number of halogens is 2. The van der Waals surface area contributed by atoms with Crippen molar-refractivity contribution in [1.29, 1.82) is 0 Å². The fourth-order valence-corrected chi connectivity index (χ4v) is 5.02. The van der Waals surface area contributed by atoms with Gasteiger partial charge >= 0.3 is 0 Å². The minimum atomic E-state index is 0.637. The van der Waals surface area contributed by atoms with Gasteiger partial charge in [-0.25, -0.2) is 0 Å². The van der Waals surface area contributed by atoms with E-state index in [9.17, 15) is 0 Å². The Morgan fingerprint density at radius 1 is 0.600 bits per heavy atom. The lowest BCUT2D eigenvalue weighted by atomic mass is 9.89. The van der Waals surface area contributed by atoms with Gasteiger partial charge in [0, 0.05) is 33.2 Å². The molecule has 5 aromatic rings. The molecule has 0 atom stereocenters. The number of ether oxygens (including phenoxy) is 1. The molecule has 1 nitrogen and oxygen atoms in total. The zero-order valence-electron chi connectivity index (χ0n) is 16.0. The molecule has 1 heterocycles. The molecule has 3 heteroatoms. The molecule has 0 aliphatic carbocycles. The molecule has 5 aromatic carbocycles. The van der Waals surface area contributed by atoms with Crippen LogP contribution in [0.15, 0.2) is 84.9 Å². The van der Waals surface area contributed by atoms with Gasteiger partial charge in [-0.05, 0) is 51.4 Å². The molecule has 0 bridgehead atoms. The molecule has 1 aliphatic heterocycles. The van der Waals surface area contributed by atoms with Gasteiger partial charge in [-0.2, -0.15) is 0 Å². The largest absolute Gasteiger partial charge is 0.457 e. The van der Waals surface area contributed by atoms with Gasteiger partial charge in [0.15, 0.2) is 0 Å². The average molecular weight is 427 g/mol. The van der Waals surface area contributed by atoms with Crippen LogP contribution in [0.5, 0.6) is 11.5 Å². The minimum absolute atomic E-state index is 0.637. The van der Waals surface area contributed by atoms with Gasteiger partial charge in [0.1, 0.15) is 11.5 Å². The van der Waals surface area contributed by atoms with E-state index in [1.54, 1.807) is 6.07 Å². The standard InChI is InChI=1S/C27H16Cl2O/c28-17-9-10-22(25(29)14-17)19-6-3-7-20-21(19)11-13-27-24(20)15-23-18-5-2-1-4-16(18)8-12-26(23)30-27/h1-14H,15H2. The summed E-state index contributed by atoms with van der Waals surface area (Å²) in [5.41, 5.74) is 4.53. The van der Waals surface area contributed by atoms with Crippen LogP contribution in [0, 0.1) is 0 Å². The Kier molecular flexibility index (Phi) is 4.02. The highest BCUT2D eigenvalue weighted by molar-refractivity contribution is 6.36. The summed E-state index contributed by atoms with van der Waals surface area (Å²) in [5.74, 6) is 1.86. The van der Waals surface area contributed by atoms with Crippen LogP contribution in [0.4, 0.5) is 0 Å². The Labute approximate surface area is 184 Å². The average Bonchev–Trinajstić information content (AvgIpc) is 2.77. The lowest BCUT2D eigenvalue weighted by molar-refractivity contribution is 0.463. The molecule has 0 amide bonds. The van der Waals surface area contributed by atoms with Crippen LogP contribution in [0.3, 0.4) is 0 Å². The smallest absolute Gasteiger partial charge is 0.131 e. The van der Waals surface area contributed by atoms with Crippen LogP contribution >= 0.6 is 23.2 Å². The predicted molar refractivity (Wildman–Crippen MR) is 126 cm³/mol. The highest BCUT2D eigenvalue weighted by Gasteiger charge is 2.22. The van der Waals surface area contributed by atoms with Crippen LogP contribution in [0.1, 0.15) is 11.1 Å². The topological polar surface area (TPSA) is 9.23 Å². The first-order chi connectivity index (χ1) is 14.7. The number of rotatable bonds is 1. The summed E-state index contributed by atoms with van der Waals surface area (Å²) in [6.07, 6.45) is 0.834. The molecule has 0 fully saturated rings. The van der Waals surface area contributed by atoms with E-state index in [0.717, 1.165) is 34.4 Å². The van der Waals surface area contributed by atoms with Gasteiger partial charge < -0.3 is 4.74 Å². The lowest BCUT2D eigenvalue weighted by Gasteiger charge is -2.24. The van der Waals surface area contributed by atoms with Gasteiger partial charge in [-0.3, -0.25) is 0 Å². The molecule has 0 saturated heterocycles. The maximum Gasteiger partial charge on any atom is 0.131 e. The van der Waals surface area contributed by atoms with Crippen molar-refractivity contribution in [3.8, 4) is 22.6 Å². The second kappa shape index (κ2) is 6.77. The minimum Gasteiger partial charge on any atom is -0.457 e. The Morgan fingerprint density at radius 2 is 1.37 bits per heavy atom. The molecular weight excluding hydrogens is 411 g/mol. The predicted octanol–water partition coefficient (Wildman–Crippen LogP) is 8.66. The van der Waals surface area contributed by atoms with Gasteiger partial charge in [0.2, 0.25) is 0 Å². The van der Waals surface area contributed by atoms with E-state index in [1.807, 2.05) is 12.1 Å². The highest BCUT2D eigenvalue weighted by Crippen LogP contribution is 2.45. The van der Waals surface area contributed by atoms with E-state index in [4.69, 9.17) is 27.9 Å². The number of hydrogen-bond donors (Lipinski definition) is 0. The van der Waals surface area contributed by atoms with E-state index < -0.39 is 0 Å². The number of benzene rings is 5. The molecule has 1 aliphatic rings. The van der Waals surface area contributed by atoms with Crippen LogP contribution in [0.2, 0.25) is 10.0 Å². The fourth-order valence-electron chi connectivity index (χ4n) is 4.51. The van der Waals surface area contributed by atoms with E-state index in [-0.39, 0.29) is 0 Å². The fraction of sp³-hybridized carbons (Fsp3) is 0.0370. The van der Waals surface area contributed by atoms with Crippen LogP contribution in [-0.2, 0) is 6.42 Å². The second-order valence-electron chi connectivity index (χ2n) is 7.61. The first kappa shape index (κ1) is 17.8. The highest BCUT2D eigenvalue weighted by atomic mass is 35.5. The number of hydrogen-bond acceptors (Lipinski definition) is 1. The first-order valence-corrected chi connectivity index (χ1v) is 10.6. The van der Waals surface area contributed by atoms with Gasteiger partial charge in [-0.15, -0.1) is 0 Å². The molecular formula is C27H16Cl2O. The van der Waals surface area contributed by atoms with Crippen molar-refractivity contribution in [3.05, 3.63) is 106 Å². The van der Waals surface area contributed by atoms with Crippen molar-refractivity contribution in [2.45, 2.75) is 6.42 Å².